The Morgan fingerprint density at radius 1 is 1.07 bits per heavy atom. The average molecular weight is 391 g/mol. The largest absolute Gasteiger partial charge is 0.366 e. The Morgan fingerprint density at radius 2 is 1.79 bits per heavy atom. The molecule has 1 aromatic heterocycles. The molecule has 1 unspecified atom stereocenters. The SMILES string of the molecule is C=CCN(CC=C)C(C=C)Nc1ccc(C=O)c2sc3ccccc3c(=O)c12. The number of benzene rings is 2. The van der Waals surface area contributed by atoms with Gasteiger partial charge in [0.15, 0.2) is 11.7 Å². The summed E-state index contributed by atoms with van der Waals surface area (Å²) in [4.78, 5) is 26.9. The molecule has 2 aromatic carbocycles. The first-order valence-electron chi connectivity index (χ1n) is 8.93. The van der Waals surface area contributed by atoms with E-state index in [1.807, 2.05) is 36.4 Å². The van der Waals surface area contributed by atoms with Crippen LogP contribution in [0, 0.1) is 0 Å². The van der Waals surface area contributed by atoms with Crippen LogP contribution in [0.15, 0.2) is 79.2 Å². The van der Waals surface area contributed by atoms with Crippen LogP contribution in [0.4, 0.5) is 5.69 Å². The van der Waals surface area contributed by atoms with Gasteiger partial charge in [0.2, 0.25) is 0 Å². The normalized spacial score (nSPS) is 12.0. The molecule has 3 rings (SSSR count). The lowest BCUT2D eigenvalue weighted by atomic mass is 10.1. The van der Waals surface area contributed by atoms with Crippen LogP contribution in [0.5, 0.6) is 0 Å². The van der Waals surface area contributed by atoms with Crippen molar-refractivity contribution in [3.63, 3.8) is 0 Å². The lowest BCUT2D eigenvalue weighted by Crippen LogP contribution is -2.39. The van der Waals surface area contributed by atoms with Crippen molar-refractivity contribution in [3.8, 4) is 0 Å². The van der Waals surface area contributed by atoms with Crippen molar-refractivity contribution >= 4 is 43.5 Å². The molecule has 0 amide bonds. The first-order valence-corrected chi connectivity index (χ1v) is 9.75. The topological polar surface area (TPSA) is 49.4 Å². The van der Waals surface area contributed by atoms with Gasteiger partial charge in [-0.2, -0.15) is 0 Å². The van der Waals surface area contributed by atoms with Crippen LogP contribution in [0.1, 0.15) is 10.4 Å². The van der Waals surface area contributed by atoms with Gasteiger partial charge in [0.25, 0.3) is 0 Å². The van der Waals surface area contributed by atoms with Gasteiger partial charge in [0, 0.05) is 34.4 Å². The summed E-state index contributed by atoms with van der Waals surface area (Å²) >= 11 is 1.45. The molecule has 0 aliphatic heterocycles. The Hall–Kier alpha value is -3.02. The zero-order chi connectivity index (χ0) is 20.1. The lowest BCUT2D eigenvalue weighted by molar-refractivity contribution is 0.112. The molecule has 1 atom stereocenters. The number of hydrogen-bond donors (Lipinski definition) is 1. The molecule has 28 heavy (non-hydrogen) atoms. The van der Waals surface area contributed by atoms with E-state index < -0.39 is 0 Å². The van der Waals surface area contributed by atoms with Crippen molar-refractivity contribution in [1.82, 2.24) is 4.90 Å². The molecule has 3 aromatic rings. The highest BCUT2D eigenvalue weighted by atomic mass is 32.1. The number of hydrogen-bond acceptors (Lipinski definition) is 5. The van der Waals surface area contributed by atoms with Gasteiger partial charge in [-0.3, -0.25) is 14.5 Å². The van der Waals surface area contributed by atoms with Crippen LogP contribution in [0.25, 0.3) is 20.2 Å². The number of rotatable bonds is 9. The van der Waals surface area contributed by atoms with E-state index in [1.54, 1.807) is 18.2 Å². The van der Waals surface area contributed by atoms with E-state index in [9.17, 15) is 9.59 Å². The number of anilines is 1. The van der Waals surface area contributed by atoms with Crippen LogP contribution in [-0.4, -0.2) is 30.4 Å². The van der Waals surface area contributed by atoms with E-state index in [2.05, 4.69) is 30.0 Å². The van der Waals surface area contributed by atoms with E-state index in [4.69, 9.17) is 0 Å². The van der Waals surface area contributed by atoms with E-state index >= 15 is 0 Å². The van der Waals surface area contributed by atoms with Crippen molar-refractivity contribution in [1.29, 1.82) is 0 Å². The van der Waals surface area contributed by atoms with Gasteiger partial charge in [-0.25, -0.2) is 0 Å². The number of carbonyl (C=O) groups is 1. The maximum Gasteiger partial charge on any atom is 0.197 e. The highest BCUT2D eigenvalue weighted by Crippen LogP contribution is 2.31. The molecule has 0 saturated heterocycles. The maximum absolute atomic E-state index is 13.2. The molecule has 0 fully saturated rings. The first kappa shape index (κ1) is 19.7. The standard InChI is InChI=1S/C23H22N2O2S/c1-4-13-25(14-5-2)20(6-3)24-18-12-11-16(15-26)23-21(18)22(27)17-9-7-8-10-19(17)28-23/h4-12,15,20,24H,1-3,13-14H2. The Morgan fingerprint density at radius 3 is 2.43 bits per heavy atom. The molecule has 0 aliphatic carbocycles. The summed E-state index contributed by atoms with van der Waals surface area (Å²) < 4.78 is 1.55. The number of carbonyl (C=O) groups excluding carboxylic acids is 1. The predicted octanol–water partition coefficient (Wildman–Crippen LogP) is 4.83. The fraction of sp³-hybridized carbons (Fsp3) is 0.130. The summed E-state index contributed by atoms with van der Waals surface area (Å²) in [5.41, 5.74) is 1.10. The van der Waals surface area contributed by atoms with Gasteiger partial charge >= 0.3 is 0 Å². The summed E-state index contributed by atoms with van der Waals surface area (Å²) in [5, 5.41) is 4.57. The van der Waals surface area contributed by atoms with Crippen molar-refractivity contribution in [2.24, 2.45) is 0 Å². The fourth-order valence-corrected chi connectivity index (χ4v) is 4.40. The molecule has 0 aliphatic rings. The molecular weight excluding hydrogens is 368 g/mol. The molecule has 4 nitrogen and oxygen atoms in total. The first-order chi connectivity index (χ1) is 13.6. The third-order valence-electron chi connectivity index (χ3n) is 4.53. The Bertz CT molecular complexity index is 1110. The molecule has 0 bridgehead atoms. The molecule has 5 heteroatoms. The minimum atomic E-state index is -0.225. The minimum Gasteiger partial charge on any atom is -0.366 e. The van der Waals surface area contributed by atoms with Gasteiger partial charge in [-0.15, -0.1) is 24.5 Å². The molecule has 1 N–H and O–H groups in total. The van der Waals surface area contributed by atoms with Gasteiger partial charge < -0.3 is 5.32 Å². The summed E-state index contributed by atoms with van der Waals surface area (Å²) in [7, 11) is 0. The summed E-state index contributed by atoms with van der Waals surface area (Å²) in [6, 6.07) is 11.0. The quantitative estimate of drug-likeness (QED) is 0.246. The second-order valence-corrected chi connectivity index (χ2v) is 7.36. The van der Waals surface area contributed by atoms with Crippen molar-refractivity contribution in [3.05, 3.63) is 90.1 Å². The summed E-state index contributed by atoms with van der Waals surface area (Å²) in [5.74, 6) is 0. The second-order valence-electron chi connectivity index (χ2n) is 6.31. The van der Waals surface area contributed by atoms with E-state index in [-0.39, 0.29) is 11.6 Å². The van der Waals surface area contributed by atoms with E-state index in [1.165, 1.54) is 11.3 Å². The smallest absolute Gasteiger partial charge is 0.197 e. The van der Waals surface area contributed by atoms with Crippen LogP contribution >= 0.6 is 11.3 Å². The predicted molar refractivity (Wildman–Crippen MR) is 121 cm³/mol. The third kappa shape index (κ3) is 3.67. The number of nitrogens with one attached hydrogen (secondary N) is 1. The Kier molecular flexibility index (Phi) is 6.19. The van der Waals surface area contributed by atoms with Gasteiger partial charge in [0.1, 0.15) is 0 Å². The number of nitrogens with zero attached hydrogens (tertiary/aromatic N) is 1. The van der Waals surface area contributed by atoms with E-state index in [0.29, 0.717) is 39.8 Å². The Labute approximate surface area is 168 Å². The maximum atomic E-state index is 13.2. The monoisotopic (exact) mass is 390 g/mol. The van der Waals surface area contributed by atoms with E-state index in [0.717, 1.165) is 11.0 Å². The number of aldehydes is 1. The van der Waals surface area contributed by atoms with Crippen LogP contribution in [0.3, 0.4) is 0 Å². The zero-order valence-electron chi connectivity index (χ0n) is 15.6. The summed E-state index contributed by atoms with van der Waals surface area (Å²) in [6.07, 6.45) is 5.97. The van der Waals surface area contributed by atoms with Crippen LogP contribution < -0.4 is 10.7 Å². The molecule has 0 radical (unpaired) electrons. The second kappa shape index (κ2) is 8.78. The third-order valence-corrected chi connectivity index (χ3v) is 5.75. The molecular formula is C23H22N2O2S. The van der Waals surface area contributed by atoms with Crippen LogP contribution in [-0.2, 0) is 0 Å². The minimum absolute atomic E-state index is 0.0858. The fourth-order valence-electron chi connectivity index (χ4n) is 3.23. The highest BCUT2D eigenvalue weighted by Gasteiger charge is 2.18. The molecule has 0 saturated carbocycles. The van der Waals surface area contributed by atoms with Crippen molar-refractivity contribution in [2.75, 3.05) is 18.4 Å². The Balaban J connectivity index is 2.20. The van der Waals surface area contributed by atoms with Gasteiger partial charge in [-0.1, -0.05) is 36.9 Å². The van der Waals surface area contributed by atoms with Gasteiger partial charge in [-0.05, 0) is 24.3 Å². The lowest BCUT2D eigenvalue weighted by Gasteiger charge is -2.29. The highest BCUT2D eigenvalue weighted by molar-refractivity contribution is 7.25. The summed E-state index contributed by atoms with van der Waals surface area (Å²) in [6.45, 7) is 12.8. The molecule has 0 spiro atoms. The van der Waals surface area contributed by atoms with Crippen molar-refractivity contribution in [2.45, 2.75) is 6.17 Å². The molecule has 142 valence electrons. The van der Waals surface area contributed by atoms with Crippen molar-refractivity contribution < 1.29 is 4.79 Å². The zero-order valence-corrected chi connectivity index (χ0v) is 16.4. The molecule has 1 heterocycles. The van der Waals surface area contributed by atoms with Crippen LogP contribution in [0.2, 0.25) is 0 Å². The van der Waals surface area contributed by atoms with Gasteiger partial charge in [0.05, 0.1) is 16.3 Å². The number of fused-ring (bicyclic) bond motifs is 2. The average Bonchev–Trinajstić information content (AvgIpc) is 2.72.